The lowest BCUT2D eigenvalue weighted by molar-refractivity contribution is -0.159. The van der Waals surface area contributed by atoms with E-state index in [-0.39, 0.29) is 29.5 Å². The number of aromatic nitrogens is 2. The lowest BCUT2D eigenvalue weighted by Crippen LogP contribution is -2.49. The lowest BCUT2D eigenvalue weighted by atomic mass is 10.0. The average Bonchev–Trinajstić information content (AvgIpc) is 3.12. The van der Waals surface area contributed by atoms with Crippen molar-refractivity contribution in [3.8, 4) is 11.4 Å². The van der Waals surface area contributed by atoms with E-state index in [1.54, 1.807) is 0 Å². The number of carbonyl (C=O) groups excluding carboxylic acids is 1. The van der Waals surface area contributed by atoms with Crippen LogP contribution in [-0.4, -0.2) is 51.3 Å². The molecular formula is C16H15F3N4O4. The summed E-state index contributed by atoms with van der Waals surface area (Å²) in [6.45, 7) is 0.642. The summed E-state index contributed by atoms with van der Waals surface area (Å²) in [5.74, 6) is -2.08. The quantitative estimate of drug-likeness (QED) is 0.842. The number of nitrogens with one attached hydrogen (secondary N) is 1. The number of nitrogens with zero attached hydrogens (tertiary/aromatic N) is 3. The molecule has 8 nitrogen and oxygen atoms in total. The Morgan fingerprint density at radius 2 is 1.96 bits per heavy atom. The monoisotopic (exact) mass is 384 g/mol. The predicted molar refractivity (Wildman–Crippen MR) is 84.8 cm³/mol. The van der Waals surface area contributed by atoms with E-state index in [1.807, 2.05) is 0 Å². The van der Waals surface area contributed by atoms with Crippen molar-refractivity contribution in [3.05, 3.63) is 35.7 Å². The molecule has 1 aliphatic rings. The summed E-state index contributed by atoms with van der Waals surface area (Å²) in [4.78, 5) is 27.8. The first-order valence-corrected chi connectivity index (χ1v) is 8.04. The molecule has 2 N–H and O–H groups in total. The minimum absolute atomic E-state index is 0.211. The molecule has 0 bridgehead atoms. The zero-order valence-corrected chi connectivity index (χ0v) is 13.9. The summed E-state index contributed by atoms with van der Waals surface area (Å²) in [5, 5.41) is 15.1. The number of rotatable bonds is 3. The smallest absolute Gasteiger partial charge is 0.465 e. The molecule has 3 rings (SSSR count). The zero-order valence-electron chi connectivity index (χ0n) is 13.9. The number of amides is 2. The third-order valence-electron chi connectivity index (χ3n) is 4.10. The van der Waals surface area contributed by atoms with Crippen LogP contribution in [0.25, 0.3) is 11.4 Å². The third-order valence-corrected chi connectivity index (χ3v) is 4.10. The van der Waals surface area contributed by atoms with Crippen LogP contribution < -0.4 is 5.32 Å². The topological polar surface area (TPSA) is 109 Å². The first-order valence-electron chi connectivity index (χ1n) is 8.04. The molecule has 0 radical (unpaired) electrons. The number of carbonyl (C=O) groups is 2. The van der Waals surface area contributed by atoms with Gasteiger partial charge in [-0.05, 0) is 25.0 Å². The Kier molecular flexibility index (Phi) is 5.02. The second kappa shape index (κ2) is 7.25. The van der Waals surface area contributed by atoms with Gasteiger partial charge < -0.3 is 19.8 Å². The fourth-order valence-corrected chi connectivity index (χ4v) is 2.76. The first-order chi connectivity index (χ1) is 12.7. The number of hydrogen-bond acceptors (Lipinski definition) is 5. The van der Waals surface area contributed by atoms with Crippen LogP contribution in [0.4, 0.5) is 18.0 Å². The summed E-state index contributed by atoms with van der Waals surface area (Å²) in [7, 11) is 0. The van der Waals surface area contributed by atoms with E-state index in [9.17, 15) is 22.8 Å². The number of alkyl halides is 3. The molecule has 1 saturated heterocycles. The Bertz CT molecular complexity index is 835. The van der Waals surface area contributed by atoms with E-state index in [1.165, 1.54) is 29.2 Å². The van der Waals surface area contributed by atoms with Crippen molar-refractivity contribution < 1.29 is 32.4 Å². The van der Waals surface area contributed by atoms with Gasteiger partial charge in [-0.2, -0.15) is 18.2 Å². The summed E-state index contributed by atoms with van der Waals surface area (Å²) in [5.41, 5.74) is 0.547. The van der Waals surface area contributed by atoms with Gasteiger partial charge in [0.1, 0.15) is 0 Å². The Morgan fingerprint density at radius 3 is 2.56 bits per heavy atom. The zero-order chi connectivity index (χ0) is 19.6. The number of hydrogen-bond donors (Lipinski definition) is 2. The molecule has 144 valence electrons. The molecule has 27 heavy (non-hydrogen) atoms. The molecule has 0 saturated carbocycles. The number of halogens is 3. The van der Waals surface area contributed by atoms with Gasteiger partial charge in [0.15, 0.2) is 0 Å². The largest absolute Gasteiger partial charge is 0.471 e. The van der Waals surface area contributed by atoms with Crippen LogP contribution in [0.5, 0.6) is 0 Å². The number of piperidine rings is 1. The Labute approximate surface area is 151 Å². The average molecular weight is 384 g/mol. The summed E-state index contributed by atoms with van der Waals surface area (Å²) in [6, 6.07) is 5.36. The van der Waals surface area contributed by atoms with Crippen molar-refractivity contribution >= 4 is 12.0 Å². The van der Waals surface area contributed by atoms with Gasteiger partial charge in [-0.3, -0.25) is 4.79 Å². The highest BCUT2D eigenvalue weighted by Crippen LogP contribution is 2.29. The Morgan fingerprint density at radius 1 is 1.26 bits per heavy atom. The highest BCUT2D eigenvalue weighted by Gasteiger charge is 2.38. The number of likely N-dealkylation sites (tertiary alicyclic amines) is 1. The maximum absolute atomic E-state index is 12.5. The maximum Gasteiger partial charge on any atom is 0.471 e. The fourth-order valence-electron chi connectivity index (χ4n) is 2.76. The molecule has 1 unspecified atom stereocenters. The molecular weight excluding hydrogens is 369 g/mol. The van der Waals surface area contributed by atoms with Gasteiger partial charge in [-0.25, -0.2) is 4.79 Å². The minimum atomic E-state index is -4.73. The normalized spacial score (nSPS) is 17.6. The third kappa shape index (κ3) is 4.36. The van der Waals surface area contributed by atoms with E-state index in [0.717, 1.165) is 0 Å². The fraction of sp³-hybridized carbons (Fsp3) is 0.375. The van der Waals surface area contributed by atoms with Crippen LogP contribution >= 0.6 is 0 Å². The van der Waals surface area contributed by atoms with Crippen molar-refractivity contribution in [2.45, 2.75) is 25.1 Å². The van der Waals surface area contributed by atoms with E-state index < -0.39 is 24.1 Å². The van der Waals surface area contributed by atoms with Gasteiger partial charge >= 0.3 is 18.2 Å². The summed E-state index contributed by atoms with van der Waals surface area (Å²) >= 11 is 0. The molecule has 1 aliphatic heterocycles. The number of benzene rings is 1. The summed E-state index contributed by atoms with van der Waals surface area (Å²) < 4.78 is 41.7. The van der Waals surface area contributed by atoms with Gasteiger partial charge in [-0.1, -0.05) is 17.3 Å². The van der Waals surface area contributed by atoms with E-state index in [4.69, 9.17) is 5.11 Å². The maximum atomic E-state index is 12.5. The summed E-state index contributed by atoms with van der Waals surface area (Å²) in [6.07, 6.45) is -4.45. The molecule has 2 heterocycles. The molecule has 0 aliphatic carbocycles. The van der Waals surface area contributed by atoms with Gasteiger partial charge in [0.05, 0.1) is 0 Å². The molecule has 1 aromatic carbocycles. The van der Waals surface area contributed by atoms with E-state index >= 15 is 0 Å². The SMILES string of the molecule is O=C(NC1CCCN(C(=O)O)C1)c1ccc(-c2noc(C(F)(F)F)n2)cc1. The van der Waals surface area contributed by atoms with Crippen LogP contribution in [0.2, 0.25) is 0 Å². The predicted octanol–water partition coefficient (Wildman–Crippen LogP) is 2.63. The first kappa shape index (κ1) is 18.7. The van der Waals surface area contributed by atoms with Gasteiger partial charge in [-0.15, -0.1) is 0 Å². The second-order valence-corrected chi connectivity index (χ2v) is 6.04. The van der Waals surface area contributed by atoms with E-state index in [0.29, 0.717) is 19.4 Å². The highest BCUT2D eigenvalue weighted by atomic mass is 19.4. The highest BCUT2D eigenvalue weighted by molar-refractivity contribution is 5.94. The van der Waals surface area contributed by atoms with Gasteiger partial charge in [0.25, 0.3) is 5.91 Å². The molecule has 11 heteroatoms. The van der Waals surface area contributed by atoms with Crippen LogP contribution in [0.1, 0.15) is 29.1 Å². The molecule has 1 aromatic heterocycles. The molecule has 2 aromatic rings. The van der Waals surface area contributed by atoms with Crippen molar-refractivity contribution in [3.63, 3.8) is 0 Å². The van der Waals surface area contributed by atoms with E-state index in [2.05, 4.69) is 20.0 Å². The van der Waals surface area contributed by atoms with Crippen molar-refractivity contribution in [2.75, 3.05) is 13.1 Å². The molecule has 0 spiro atoms. The lowest BCUT2D eigenvalue weighted by Gasteiger charge is -2.31. The van der Waals surface area contributed by atoms with Crippen LogP contribution in [0, 0.1) is 0 Å². The standard InChI is InChI=1S/C16H15F3N4O4/c17-16(18,19)14-21-12(22-27-14)9-3-5-10(6-4-9)13(24)20-11-2-1-7-23(8-11)15(25)26/h3-6,11H,1-2,7-8H2,(H,20,24)(H,25,26). The number of carboxylic acid groups (broad SMARTS) is 1. The Hall–Kier alpha value is -3.11. The Balaban J connectivity index is 1.65. The van der Waals surface area contributed by atoms with Crippen LogP contribution in [0.3, 0.4) is 0 Å². The molecule has 2 amide bonds. The van der Waals surface area contributed by atoms with Gasteiger partial charge in [0, 0.05) is 30.3 Å². The molecule has 1 atom stereocenters. The second-order valence-electron chi connectivity index (χ2n) is 6.04. The minimum Gasteiger partial charge on any atom is -0.465 e. The van der Waals surface area contributed by atoms with Crippen molar-refractivity contribution in [1.82, 2.24) is 20.4 Å². The molecule has 1 fully saturated rings. The van der Waals surface area contributed by atoms with Crippen molar-refractivity contribution in [2.24, 2.45) is 0 Å². The van der Waals surface area contributed by atoms with Crippen LogP contribution in [-0.2, 0) is 6.18 Å². The van der Waals surface area contributed by atoms with Crippen LogP contribution in [0.15, 0.2) is 28.8 Å². The van der Waals surface area contributed by atoms with Gasteiger partial charge in [0.2, 0.25) is 5.82 Å². The van der Waals surface area contributed by atoms with Crippen molar-refractivity contribution in [1.29, 1.82) is 0 Å².